The maximum Gasteiger partial charge on any atom is 0.339 e. The van der Waals surface area contributed by atoms with E-state index < -0.39 is 5.97 Å². The smallest absolute Gasteiger partial charge is 0.339 e. The van der Waals surface area contributed by atoms with E-state index in [2.05, 4.69) is 15.5 Å². The predicted molar refractivity (Wildman–Crippen MR) is 64.1 cm³/mol. The predicted octanol–water partition coefficient (Wildman–Crippen LogP) is 2.17. The molecule has 0 spiro atoms. The van der Waals surface area contributed by atoms with Gasteiger partial charge < -0.3 is 10.4 Å². The number of carbonyl (C=O) groups is 1. The van der Waals surface area contributed by atoms with E-state index in [0.717, 1.165) is 18.9 Å². The van der Waals surface area contributed by atoms with E-state index in [0.29, 0.717) is 5.82 Å². The molecule has 1 saturated carbocycles. The van der Waals surface area contributed by atoms with Gasteiger partial charge in [0, 0.05) is 6.54 Å². The normalized spacial score (nSPS) is 16.0. The van der Waals surface area contributed by atoms with Crippen LogP contribution in [0.4, 0.5) is 5.82 Å². The number of nitrogens with zero attached hydrogens (tertiary/aromatic N) is 2. The van der Waals surface area contributed by atoms with Gasteiger partial charge in [-0.3, -0.25) is 0 Å². The Morgan fingerprint density at radius 3 is 2.94 bits per heavy atom. The summed E-state index contributed by atoms with van der Waals surface area (Å²) in [7, 11) is 0. The first-order chi connectivity index (χ1) is 8.27. The fraction of sp³-hybridized carbons (Fsp3) is 0.583. The quantitative estimate of drug-likeness (QED) is 0.818. The first-order valence-electron chi connectivity index (χ1n) is 6.06. The zero-order valence-electron chi connectivity index (χ0n) is 9.72. The summed E-state index contributed by atoms with van der Waals surface area (Å²) in [5.74, 6) is 0.189. The van der Waals surface area contributed by atoms with Gasteiger partial charge in [-0.2, -0.15) is 5.10 Å². The fourth-order valence-corrected chi connectivity index (χ4v) is 2.33. The molecule has 1 aromatic rings. The van der Waals surface area contributed by atoms with Crippen LogP contribution in [-0.2, 0) is 0 Å². The number of nitrogens with one attached hydrogen (secondary N) is 1. The second-order valence-electron chi connectivity index (χ2n) is 4.46. The third kappa shape index (κ3) is 3.15. The van der Waals surface area contributed by atoms with E-state index in [1.807, 2.05) is 0 Å². The lowest BCUT2D eigenvalue weighted by Gasteiger charge is -2.10. The Morgan fingerprint density at radius 2 is 2.24 bits per heavy atom. The first-order valence-corrected chi connectivity index (χ1v) is 6.06. The van der Waals surface area contributed by atoms with Gasteiger partial charge in [-0.15, -0.1) is 5.10 Å². The summed E-state index contributed by atoms with van der Waals surface area (Å²) in [5, 5.41) is 19.6. The number of carboxylic acids is 1. The molecule has 0 saturated heterocycles. The van der Waals surface area contributed by atoms with Crippen LogP contribution in [0.3, 0.4) is 0 Å². The molecule has 0 radical (unpaired) electrons. The third-order valence-corrected chi connectivity index (χ3v) is 3.27. The SMILES string of the molecule is O=C(O)c1ccnnc1NCCC1CCCC1. The van der Waals surface area contributed by atoms with Gasteiger partial charge in [-0.1, -0.05) is 25.7 Å². The number of anilines is 1. The van der Waals surface area contributed by atoms with Gasteiger partial charge in [0.2, 0.25) is 0 Å². The molecule has 1 aliphatic carbocycles. The van der Waals surface area contributed by atoms with E-state index in [1.54, 1.807) is 0 Å². The molecule has 2 rings (SSSR count). The van der Waals surface area contributed by atoms with Crippen molar-refractivity contribution < 1.29 is 9.90 Å². The number of rotatable bonds is 5. The minimum Gasteiger partial charge on any atom is -0.478 e. The maximum atomic E-state index is 10.9. The minimum absolute atomic E-state index is 0.187. The van der Waals surface area contributed by atoms with Gasteiger partial charge >= 0.3 is 5.97 Å². The lowest BCUT2D eigenvalue weighted by atomic mass is 10.0. The van der Waals surface area contributed by atoms with Crippen molar-refractivity contribution in [3.05, 3.63) is 17.8 Å². The van der Waals surface area contributed by atoms with E-state index in [9.17, 15) is 4.79 Å². The highest BCUT2D eigenvalue weighted by molar-refractivity contribution is 5.92. The second-order valence-corrected chi connectivity index (χ2v) is 4.46. The Hall–Kier alpha value is -1.65. The number of aromatic nitrogens is 2. The lowest BCUT2D eigenvalue weighted by molar-refractivity contribution is 0.0697. The van der Waals surface area contributed by atoms with Crippen molar-refractivity contribution in [1.82, 2.24) is 10.2 Å². The van der Waals surface area contributed by atoms with Crippen LogP contribution in [-0.4, -0.2) is 27.8 Å². The van der Waals surface area contributed by atoms with Crippen molar-refractivity contribution in [2.45, 2.75) is 32.1 Å². The van der Waals surface area contributed by atoms with Crippen molar-refractivity contribution in [2.24, 2.45) is 5.92 Å². The van der Waals surface area contributed by atoms with Crippen molar-refractivity contribution in [1.29, 1.82) is 0 Å². The van der Waals surface area contributed by atoms with Crippen molar-refractivity contribution in [2.75, 3.05) is 11.9 Å². The molecule has 0 bridgehead atoms. The van der Waals surface area contributed by atoms with Crippen LogP contribution in [0.1, 0.15) is 42.5 Å². The number of aromatic carboxylic acids is 1. The van der Waals surface area contributed by atoms with Gasteiger partial charge in [-0.25, -0.2) is 4.79 Å². The average molecular weight is 235 g/mol. The molecular formula is C12H17N3O2. The molecule has 5 heteroatoms. The molecule has 1 aliphatic rings. The van der Waals surface area contributed by atoms with Crippen LogP contribution in [0.25, 0.3) is 0 Å². The van der Waals surface area contributed by atoms with Gasteiger partial charge in [0.1, 0.15) is 5.56 Å². The minimum atomic E-state index is -0.969. The highest BCUT2D eigenvalue weighted by atomic mass is 16.4. The van der Waals surface area contributed by atoms with E-state index in [1.165, 1.54) is 37.9 Å². The summed E-state index contributed by atoms with van der Waals surface area (Å²) in [5.41, 5.74) is 0.187. The summed E-state index contributed by atoms with van der Waals surface area (Å²) in [6.07, 6.45) is 7.73. The van der Waals surface area contributed by atoms with Crippen molar-refractivity contribution in [3.8, 4) is 0 Å². The maximum absolute atomic E-state index is 10.9. The van der Waals surface area contributed by atoms with Crippen LogP contribution >= 0.6 is 0 Å². The molecule has 0 unspecified atom stereocenters. The van der Waals surface area contributed by atoms with Crippen molar-refractivity contribution in [3.63, 3.8) is 0 Å². The van der Waals surface area contributed by atoms with Gasteiger partial charge in [0.05, 0.1) is 6.20 Å². The Morgan fingerprint density at radius 1 is 1.47 bits per heavy atom. The summed E-state index contributed by atoms with van der Waals surface area (Å²) in [6, 6.07) is 1.47. The van der Waals surface area contributed by atoms with E-state index in [-0.39, 0.29) is 5.56 Å². The highest BCUT2D eigenvalue weighted by Gasteiger charge is 2.15. The Labute approximate surface area is 100 Å². The van der Waals surface area contributed by atoms with Gasteiger partial charge in [0.15, 0.2) is 5.82 Å². The molecule has 5 nitrogen and oxygen atoms in total. The first kappa shape index (κ1) is 11.8. The summed E-state index contributed by atoms with van der Waals surface area (Å²) < 4.78 is 0. The lowest BCUT2D eigenvalue weighted by Crippen LogP contribution is -2.12. The molecule has 0 atom stereocenters. The summed E-state index contributed by atoms with van der Waals surface area (Å²) >= 11 is 0. The average Bonchev–Trinajstić information content (AvgIpc) is 2.82. The van der Waals surface area contributed by atoms with Gasteiger partial charge in [0.25, 0.3) is 0 Å². The fourth-order valence-electron chi connectivity index (χ4n) is 2.33. The zero-order valence-corrected chi connectivity index (χ0v) is 9.72. The zero-order chi connectivity index (χ0) is 12.1. The molecule has 17 heavy (non-hydrogen) atoms. The van der Waals surface area contributed by atoms with Crippen molar-refractivity contribution >= 4 is 11.8 Å². The summed E-state index contributed by atoms with van der Waals surface area (Å²) in [6.45, 7) is 0.767. The van der Waals surface area contributed by atoms with Crippen LogP contribution in [0.15, 0.2) is 12.3 Å². The van der Waals surface area contributed by atoms with Crippen LogP contribution in [0, 0.1) is 5.92 Å². The Balaban J connectivity index is 1.87. The molecule has 1 aromatic heterocycles. The molecule has 1 heterocycles. The third-order valence-electron chi connectivity index (χ3n) is 3.27. The monoisotopic (exact) mass is 235 g/mol. The molecule has 1 fully saturated rings. The molecule has 2 N–H and O–H groups in total. The largest absolute Gasteiger partial charge is 0.478 e. The number of hydrogen-bond donors (Lipinski definition) is 2. The van der Waals surface area contributed by atoms with Gasteiger partial charge in [-0.05, 0) is 18.4 Å². The van der Waals surface area contributed by atoms with Crippen LogP contribution in [0.2, 0.25) is 0 Å². The summed E-state index contributed by atoms with van der Waals surface area (Å²) in [4.78, 5) is 10.9. The van der Waals surface area contributed by atoms with Crippen LogP contribution < -0.4 is 5.32 Å². The Bertz CT molecular complexity index is 389. The molecule has 0 aromatic carbocycles. The molecule has 0 amide bonds. The van der Waals surface area contributed by atoms with Crippen LogP contribution in [0.5, 0.6) is 0 Å². The Kier molecular flexibility index (Phi) is 3.90. The molecule has 92 valence electrons. The standard InChI is InChI=1S/C12H17N3O2/c16-12(17)10-6-8-14-15-11(10)13-7-5-9-3-1-2-4-9/h6,8-9H,1-5,7H2,(H,13,15)(H,16,17). The highest BCUT2D eigenvalue weighted by Crippen LogP contribution is 2.27. The number of hydrogen-bond acceptors (Lipinski definition) is 4. The van der Waals surface area contributed by atoms with E-state index in [4.69, 9.17) is 5.11 Å². The topological polar surface area (TPSA) is 75.1 Å². The number of carboxylic acid groups (broad SMARTS) is 1. The second kappa shape index (κ2) is 5.61. The van der Waals surface area contributed by atoms with E-state index >= 15 is 0 Å². The molecular weight excluding hydrogens is 218 g/mol. The molecule has 0 aliphatic heterocycles.